The number of rotatable bonds is 8. The fraction of sp³-hybridized carbons (Fsp3) is 0.714. The molecule has 25 heavy (non-hydrogen) atoms. The van der Waals surface area contributed by atoms with Crippen molar-refractivity contribution < 1.29 is 34.8 Å². The van der Waals surface area contributed by atoms with Crippen LogP contribution in [-0.4, -0.2) is 64.2 Å². The van der Waals surface area contributed by atoms with Gasteiger partial charge >= 0.3 is 0 Å². The maximum Gasteiger partial charge on any atom is 0.223 e. The van der Waals surface area contributed by atoms with Gasteiger partial charge < -0.3 is 35.3 Å². The molecule has 1 aliphatic heterocycles. The zero-order valence-corrected chi connectivity index (χ0v) is 13.8. The Balaban J connectivity index is 3.26. The second-order valence-electron chi connectivity index (χ2n) is 5.68. The van der Waals surface area contributed by atoms with Gasteiger partial charge in [0.15, 0.2) is 0 Å². The number of hydrogen-bond acceptors (Lipinski definition) is 8. The van der Waals surface area contributed by atoms with Crippen LogP contribution in [0, 0.1) is 5.92 Å². The van der Waals surface area contributed by atoms with E-state index in [0.29, 0.717) is 6.42 Å². The molecule has 0 radical (unpaired) electrons. The van der Waals surface area contributed by atoms with Gasteiger partial charge in [0.2, 0.25) is 5.91 Å². The number of carboxylic acid groups (broad SMARTS) is 1. The van der Waals surface area contributed by atoms with Gasteiger partial charge in [0, 0.05) is 10.8 Å². The highest BCUT2D eigenvalue weighted by molar-refractivity contribution is 5.83. The first-order valence-electron chi connectivity index (χ1n) is 7.68. The summed E-state index contributed by atoms with van der Waals surface area (Å²) in [5.41, 5.74) is 8.69. The van der Waals surface area contributed by atoms with Crippen LogP contribution in [0.1, 0.15) is 20.3 Å². The summed E-state index contributed by atoms with van der Waals surface area (Å²) in [5, 5.41) is 45.8. The van der Waals surface area contributed by atoms with Crippen LogP contribution in [0.5, 0.6) is 0 Å². The molecule has 140 valence electrons. The first kappa shape index (κ1) is 20.7. The van der Waals surface area contributed by atoms with E-state index in [4.69, 9.17) is 15.4 Å². The standard InChI is InChI=1S/C14H22N4O7/c1-3-6(2)13(22)16-10-7(17-18-15)4-9(14(23)24)25-12(10)11(21)8(20)5-19/h4,6-8,10-12,19-21H,3,5H2,1-2H3,(H,16,22)(H,23,24)/p-1/t6?,7-,8+,10+,11+,12+/m0/s1. The van der Waals surface area contributed by atoms with E-state index in [2.05, 4.69) is 15.3 Å². The molecule has 0 spiro atoms. The van der Waals surface area contributed by atoms with Gasteiger partial charge in [-0.25, -0.2) is 0 Å². The second kappa shape index (κ2) is 9.23. The van der Waals surface area contributed by atoms with Crippen molar-refractivity contribution in [2.24, 2.45) is 11.0 Å². The maximum atomic E-state index is 12.2. The molecule has 0 bridgehead atoms. The van der Waals surface area contributed by atoms with Crippen molar-refractivity contribution >= 4 is 11.9 Å². The Morgan fingerprint density at radius 3 is 2.64 bits per heavy atom. The summed E-state index contributed by atoms with van der Waals surface area (Å²) >= 11 is 0. The number of nitrogens with zero attached hydrogens (tertiary/aromatic N) is 3. The molecule has 4 N–H and O–H groups in total. The zero-order chi connectivity index (χ0) is 19.1. The number of nitrogens with one attached hydrogen (secondary N) is 1. The van der Waals surface area contributed by atoms with Gasteiger partial charge in [-0.15, -0.1) is 0 Å². The van der Waals surface area contributed by atoms with Crippen molar-refractivity contribution in [3.05, 3.63) is 22.3 Å². The number of carboxylic acids is 1. The number of amides is 1. The molecule has 11 nitrogen and oxygen atoms in total. The molecular formula is C14H21N4O7-. The number of aliphatic hydroxyl groups excluding tert-OH is 3. The molecule has 1 aliphatic rings. The Bertz CT molecular complexity index is 576. The molecule has 0 aromatic rings. The molecule has 0 aromatic carbocycles. The number of hydrogen-bond donors (Lipinski definition) is 4. The normalized spacial score (nSPS) is 26.3. The van der Waals surface area contributed by atoms with Gasteiger partial charge in [-0.1, -0.05) is 19.0 Å². The highest BCUT2D eigenvalue weighted by Crippen LogP contribution is 2.25. The van der Waals surface area contributed by atoms with Gasteiger partial charge in [-0.2, -0.15) is 0 Å². The maximum absolute atomic E-state index is 12.2. The van der Waals surface area contributed by atoms with Crippen LogP contribution in [-0.2, 0) is 14.3 Å². The Kier molecular flexibility index (Phi) is 7.65. The van der Waals surface area contributed by atoms with Crippen LogP contribution >= 0.6 is 0 Å². The number of ether oxygens (including phenoxy) is 1. The van der Waals surface area contributed by atoms with Gasteiger partial charge in [-0.05, 0) is 18.0 Å². The first-order chi connectivity index (χ1) is 11.8. The van der Waals surface area contributed by atoms with Crippen molar-refractivity contribution in [3.8, 4) is 0 Å². The smallest absolute Gasteiger partial charge is 0.223 e. The van der Waals surface area contributed by atoms with E-state index in [1.165, 1.54) is 0 Å². The average molecular weight is 357 g/mol. The second-order valence-corrected chi connectivity index (χ2v) is 5.68. The molecule has 1 amide bonds. The first-order valence-corrected chi connectivity index (χ1v) is 7.68. The Hall–Kier alpha value is -2.33. The third kappa shape index (κ3) is 5.07. The molecule has 6 atom stereocenters. The van der Waals surface area contributed by atoms with Crippen LogP contribution < -0.4 is 10.4 Å². The number of carbonyl (C=O) groups is 2. The lowest BCUT2D eigenvalue weighted by Crippen LogP contribution is -2.60. The summed E-state index contributed by atoms with van der Waals surface area (Å²) in [7, 11) is 0. The van der Waals surface area contributed by atoms with E-state index in [-0.39, 0.29) is 0 Å². The summed E-state index contributed by atoms with van der Waals surface area (Å²) in [6.45, 7) is 2.60. The third-order valence-electron chi connectivity index (χ3n) is 3.98. The molecule has 11 heteroatoms. The summed E-state index contributed by atoms with van der Waals surface area (Å²) in [6.07, 6.45) is -3.44. The van der Waals surface area contributed by atoms with E-state index in [1.54, 1.807) is 13.8 Å². The van der Waals surface area contributed by atoms with Gasteiger partial charge in [0.05, 0.1) is 18.7 Å². The number of azide groups is 1. The molecule has 1 rings (SSSR count). The van der Waals surface area contributed by atoms with Crippen molar-refractivity contribution in [3.63, 3.8) is 0 Å². The van der Waals surface area contributed by atoms with Gasteiger partial charge in [0.1, 0.15) is 30.0 Å². The number of carbonyl (C=O) groups excluding carboxylic acids is 2. The van der Waals surface area contributed by atoms with Gasteiger partial charge in [-0.3, -0.25) is 4.79 Å². The van der Waals surface area contributed by atoms with Crippen molar-refractivity contribution in [2.75, 3.05) is 6.61 Å². The third-order valence-corrected chi connectivity index (χ3v) is 3.98. The predicted molar refractivity (Wildman–Crippen MR) is 81.4 cm³/mol. The molecule has 1 unspecified atom stereocenters. The molecule has 0 aliphatic carbocycles. The van der Waals surface area contributed by atoms with Crippen LogP contribution in [0.25, 0.3) is 10.4 Å². The average Bonchev–Trinajstić information content (AvgIpc) is 2.60. The van der Waals surface area contributed by atoms with Crippen LogP contribution in [0.4, 0.5) is 0 Å². The minimum atomic E-state index is -1.76. The highest BCUT2D eigenvalue weighted by atomic mass is 16.5. The largest absolute Gasteiger partial charge is 0.542 e. The summed E-state index contributed by atoms with van der Waals surface area (Å²) in [6, 6.07) is -2.36. The molecule has 0 fully saturated rings. The monoisotopic (exact) mass is 357 g/mol. The summed E-state index contributed by atoms with van der Waals surface area (Å²) in [4.78, 5) is 25.8. The lowest BCUT2D eigenvalue weighted by atomic mass is 9.92. The van der Waals surface area contributed by atoms with E-state index in [9.17, 15) is 24.9 Å². The molecule has 0 saturated carbocycles. The molecule has 0 saturated heterocycles. The Labute approximate surface area is 143 Å². The van der Waals surface area contributed by atoms with E-state index in [0.717, 1.165) is 6.08 Å². The summed E-state index contributed by atoms with van der Waals surface area (Å²) in [5.74, 6) is -3.27. The Morgan fingerprint density at radius 1 is 1.52 bits per heavy atom. The fourth-order valence-electron chi connectivity index (χ4n) is 2.26. The quantitative estimate of drug-likeness (QED) is 0.218. The van der Waals surface area contributed by atoms with Gasteiger partial charge in [0.25, 0.3) is 0 Å². The number of aliphatic hydroxyl groups is 3. The minimum Gasteiger partial charge on any atom is -0.542 e. The minimum absolute atomic E-state index is 0.404. The van der Waals surface area contributed by atoms with Crippen LogP contribution in [0.3, 0.4) is 0 Å². The van der Waals surface area contributed by atoms with Crippen LogP contribution in [0.2, 0.25) is 0 Å². The zero-order valence-electron chi connectivity index (χ0n) is 13.8. The SMILES string of the molecule is CCC(C)C(=O)N[C@H]1[C@H]([C@H](O)[C@H](O)CO)OC(C(=O)[O-])=C[C@@H]1N=[N+]=[N-]. The summed E-state index contributed by atoms with van der Waals surface area (Å²) < 4.78 is 5.12. The molecular weight excluding hydrogens is 336 g/mol. The Morgan fingerprint density at radius 2 is 2.16 bits per heavy atom. The van der Waals surface area contributed by atoms with Crippen molar-refractivity contribution in [1.29, 1.82) is 0 Å². The van der Waals surface area contributed by atoms with Crippen molar-refractivity contribution in [1.82, 2.24) is 5.32 Å². The van der Waals surface area contributed by atoms with E-state index < -0.39 is 60.6 Å². The van der Waals surface area contributed by atoms with Crippen molar-refractivity contribution in [2.45, 2.75) is 50.7 Å². The predicted octanol–water partition coefficient (Wildman–Crippen LogP) is -2.06. The highest BCUT2D eigenvalue weighted by Gasteiger charge is 2.42. The number of aliphatic carboxylic acids is 1. The van der Waals surface area contributed by atoms with Crippen LogP contribution in [0.15, 0.2) is 16.9 Å². The topological polar surface area (TPSA) is 188 Å². The van der Waals surface area contributed by atoms with E-state index in [1.807, 2.05) is 0 Å². The lowest BCUT2D eigenvalue weighted by Gasteiger charge is -2.39. The molecule has 0 aromatic heterocycles. The van der Waals surface area contributed by atoms with E-state index >= 15 is 0 Å². The molecule has 1 heterocycles. The lowest BCUT2D eigenvalue weighted by molar-refractivity contribution is -0.305. The fourth-order valence-corrected chi connectivity index (χ4v) is 2.26.